The van der Waals surface area contributed by atoms with Crippen LogP contribution in [0.25, 0.3) is 0 Å². The van der Waals surface area contributed by atoms with E-state index in [0.29, 0.717) is 16.0 Å². The molecule has 2 aromatic carbocycles. The van der Waals surface area contributed by atoms with Crippen LogP contribution in [0.2, 0.25) is 0 Å². The zero-order chi connectivity index (χ0) is 17.0. The van der Waals surface area contributed by atoms with Gasteiger partial charge in [-0.15, -0.1) is 0 Å². The van der Waals surface area contributed by atoms with Gasteiger partial charge in [-0.2, -0.15) is 4.31 Å². The van der Waals surface area contributed by atoms with E-state index in [1.165, 1.54) is 23.5 Å². The molecular weight excluding hydrogens is 382 g/mol. The van der Waals surface area contributed by atoms with Crippen molar-refractivity contribution >= 4 is 26.0 Å². The first-order chi connectivity index (χ1) is 10.9. The van der Waals surface area contributed by atoms with Crippen LogP contribution >= 0.6 is 15.9 Å². The summed E-state index contributed by atoms with van der Waals surface area (Å²) in [6, 6.07) is 12.0. The number of sulfonamides is 1. The molecule has 0 radical (unpaired) electrons. The van der Waals surface area contributed by atoms with Crippen molar-refractivity contribution < 1.29 is 17.9 Å². The molecule has 0 saturated carbocycles. The Bertz CT molecular complexity index is 792. The van der Waals surface area contributed by atoms with Gasteiger partial charge in [0.25, 0.3) is 0 Å². The first-order valence-electron chi connectivity index (χ1n) is 6.81. The third-order valence-electron chi connectivity index (χ3n) is 3.37. The Labute approximate surface area is 145 Å². The predicted molar refractivity (Wildman–Crippen MR) is 92.3 cm³/mol. The smallest absolute Gasteiger partial charge is 0.243 e. The van der Waals surface area contributed by atoms with Crippen LogP contribution in [0.15, 0.2) is 51.8 Å². The lowest BCUT2D eigenvalue weighted by molar-refractivity contribution is 0.411. The van der Waals surface area contributed by atoms with E-state index in [9.17, 15) is 8.42 Å². The molecule has 0 fully saturated rings. The van der Waals surface area contributed by atoms with Crippen LogP contribution in [0.4, 0.5) is 0 Å². The summed E-state index contributed by atoms with van der Waals surface area (Å²) in [6.07, 6.45) is 0. The van der Waals surface area contributed by atoms with Gasteiger partial charge in [0.05, 0.1) is 23.6 Å². The molecule has 0 aromatic heterocycles. The number of halogens is 1. The standard InChI is InChI=1S/C16H18BrNO4S/c1-18(11-12-5-4-6-13(9-12)21-2)23(19,20)14-7-8-16(22-3)15(17)10-14/h4-10H,11H2,1-3H3. The minimum Gasteiger partial charge on any atom is -0.497 e. The molecule has 0 saturated heterocycles. The van der Waals surface area contributed by atoms with Gasteiger partial charge in [-0.25, -0.2) is 8.42 Å². The lowest BCUT2D eigenvalue weighted by Crippen LogP contribution is -2.26. The highest BCUT2D eigenvalue weighted by molar-refractivity contribution is 9.10. The molecule has 2 aromatic rings. The lowest BCUT2D eigenvalue weighted by Gasteiger charge is -2.18. The van der Waals surface area contributed by atoms with Crippen LogP contribution in [0.1, 0.15) is 5.56 Å². The van der Waals surface area contributed by atoms with Crippen molar-refractivity contribution in [2.24, 2.45) is 0 Å². The zero-order valence-corrected chi connectivity index (χ0v) is 15.5. The van der Waals surface area contributed by atoms with E-state index in [2.05, 4.69) is 15.9 Å². The van der Waals surface area contributed by atoms with E-state index >= 15 is 0 Å². The molecule has 0 amide bonds. The number of hydrogen-bond acceptors (Lipinski definition) is 4. The van der Waals surface area contributed by atoms with Gasteiger partial charge in [-0.05, 0) is 51.8 Å². The van der Waals surface area contributed by atoms with Crippen molar-refractivity contribution in [3.63, 3.8) is 0 Å². The second kappa shape index (κ2) is 7.33. The fourth-order valence-electron chi connectivity index (χ4n) is 2.10. The second-order valence-electron chi connectivity index (χ2n) is 4.91. The van der Waals surface area contributed by atoms with Crippen LogP contribution < -0.4 is 9.47 Å². The molecule has 23 heavy (non-hydrogen) atoms. The van der Waals surface area contributed by atoms with Crippen molar-refractivity contribution in [3.05, 3.63) is 52.5 Å². The van der Waals surface area contributed by atoms with Crippen LogP contribution in [0.5, 0.6) is 11.5 Å². The van der Waals surface area contributed by atoms with Gasteiger partial charge in [-0.3, -0.25) is 0 Å². The Morgan fingerprint density at radius 2 is 1.83 bits per heavy atom. The highest BCUT2D eigenvalue weighted by atomic mass is 79.9. The number of hydrogen-bond donors (Lipinski definition) is 0. The zero-order valence-electron chi connectivity index (χ0n) is 13.1. The number of ether oxygens (including phenoxy) is 2. The molecule has 0 heterocycles. The first-order valence-corrected chi connectivity index (χ1v) is 9.04. The molecule has 0 spiro atoms. The summed E-state index contributed by atoms with van der Waals surface area (Å²) in [7, 11) is 1.06. The number of methoxy groups -OCH3 is 2. The van der Waals surface area contributed by atoms with E-state index < -0.39 is 10.0 Å². The van der Waals surface area contributed by atoms with Gasteiger partial charge >= 0.3 is 0 Å². The van der Waals surface area contributed by atoms with Crippen LogP contribution in [0, 0.1) is 0 Å². The molecule has 0 N–H and O–H groups in total. The molecular formula is C16H18BrNO4S. The SMILES string of the molecule is COc1cccc(CN(C)S(=O)(=O)c2ccc(OC)c(Br)c2)c1. The minimum absolute atomic E-state index is 0.204. The number of benzene rings is 2. The average Bonchev–Trinajstić information content (AvgIpc) is 2.54. The molecule has 5 nitrogen and oxygen atoms in total. The van der Waals surface area contributed by atoms with E-state index in [-0.39, 0.29) is 11.4 Å². The van der Waals surface area contributed by atoms with Gasteiger partial charge in [0.2, 0.25) is 10.0 Å². The van der Waals surface area contributed by atoms with Gasteiger partial charge in [-0.1, -0.05) is 12.1 Å². The maximum Gasteiger partial charge on any atom is 0.243 e. The quantitative estimate of drug-likeness (QED) is 0.747. The largest absolute Gasteiger partial charge is 0.497 e. The molecule has 124 valence electrons. The van der Waals surface area contributed by atoms with Crippen molar-refractivity contribution in [2.75, 3.05) is 21.3 Å². The molecule has 0 aliphatic rings. The van der Waals surface area contributed by atoms with Gasteiger partial charge in [0.15, 0.2) is 0 Å². The molecule has 0 unspecified atom stereocenters. The normalized spacial score (nSPS) is 11.5. The Morgan fingerprint density at radius 1 is 1.09 bits per heavy atom. The molecule has 0 aliphatic carbocycles. The highest BCUT2D eigenvalue weighted by Gasteiger charge is 2.22. The fraction of sp³-hybridized carbons (Fsp3) is 0.250. The van der Waals surface area contributed by atoms with E-state index in [1.807, 2.05) is 24.3 Å². The van der Waals surface area contributed by atoms with Crippen LogP contribution in [-0.2, 0) is 16.6 Å². The summed E-state index contributed by atoms with van der Waals surface area (Å²) < 4.78 is 37.5. The van der Waals surface area contributed by atoms with Gasteiger partial charge in [0, 0.05) is 13.6 Å². The maximum atomic E-state index is 12.7. The van der Waals surface area contributed by atoms with E-state index in [0.717, 1.165) is 5.56 Å². The van der Waals surface area contributed by atoms with E-state index in [4.69, 9.17) is 9.47 Å². The minimum atomic E-state index is -3.60. The summed E-state index contributed by atoms with van der Waals surface area (Å²) in [6.45, 7) is 0.253. The Kier molecular flexibility index (Phi) is 5.67. The molecule has 7 heteroatoms. The molecule has 0 aliphatic heterocycles. The highest BCUT2D eigenvalue weighted by Crippen LogP contribution is 2.29. The monoisotopic (exact) mass is 399 g/mol. The van der Waals surface area contributed by atoms with Crippen LogP contribution in [-0.4, -0.2) is 34.0 Å². The summed E-state index contributed by atoms with van der Waals surface area (Å²) in [5.74, 6) is 1.28. The second-order valence-corrected chi connectivity index (χ2v) is 7.81. The lowest BCUT2D eigenvalue weighted by atomic mass is 10.2. The fourth-order valence-corrected chi connectivity index (χ4v) is 3.98. The van der Waals surface area contributed by atoms with Gasteiger partial charge < -0.3 is 9.47 Å². The Morgan fingerprint density at radius 3 is 2.43 bits per heavy atom. The first kappa shape index (κ1) is 17.8. The Balaban J connectivity index is 2.26. The van der Waals surface area contributed by atoms with E-state index in [1.54, 1.807) is 20.2 Å². The van der Waals surface area contributed by atoms with Crippen molar-refractivity contribution in [2.45, 2.75) is 11.4 Å². The molecule has 0 bridgehead atoms. The summed E-state index contributed by atoms with van der Waals surface area (Å²) in [4.78, 5) is 0.204. The topological polar surface area (TPSA) is 55.8 Å². The van der Waals surface area contributed by atoms with Crippen molar-refractivity contribution in [1.29, 1.82) is 0 Å². The number of rotatable bonds is 6. The molecule has 0 atom stereocenters. The van der Waals surface area contributed by atoms with Crippen molar-refractivity contribution in [3.8, 4) is 11.5 Å². The summed E-state index contributed by atoms with van der Waals surface area (Å²) in [5.41, 5.74) is 0.850. The average molecular weight is 400 g/mol. The van der Waals surface area contributed by atoms with Gasteiger partial charge in [0.1, 0.15) is 11.5 Å². The number of nitrogens with zero attached hydrogens (tertiary/aromatic N) is 1. The third-order valence-corrected chi connectivity index (χ3v) is 5.79. The summed E-state index contributed by atoms with van der Waals surface area (Å²) in [5, 5.41) is 0. The predicted octanol–water partition coefficient (Wildman–Crippen LogP) is 3.29. The third kappa shape index (κ3) is 4.04. The summed E-state index contributed by atoms with van der Waals surface area (Å²) >= 11 is 3.31. The Hall–Kier alpha value is -1.57. The van der Waals surface area contributed by atoms with Crippen molar-refractivity contribution in [1.82, 2.24) is 4.31 Å². The molecule has 2 rings (SSSR count). The van der Waals surface area contributed by atoms with Crippen LogP contribution in [0.3, 0.4) is 0 Å². The maximum absolute atomic E-state index is 12.7.